The van der Waals surface area contributed by atoms with Gasteiger partial charge in [-0.25, -0.2) is 9.97 Å². The lowest BCUT2D eigenvalue weighted by atomic mass is 10.1. The molecule has 0 N–H and O–H groups in total. The molecule has 0 fully saturated rings. The molecule has 2 heterocycles. The Balaban J connectivity index is 2.05. The molecule has 88 valence electrons. The van der Waals surface area contributed by atoms with Crippen molar-refractivity contribution in [1.82, 2.24) is 19.7 Å². The summed E-state index contributed by atoms with van der Waals surface area (Å²) in [5, 5.41) is 4.39. The van der Waals surface area contributed by atoms with Gasteiger partial charge >= 0.3 is 0 Å². The molecule has 0 amide bonds. The molecule has 0 aliphatic heterocycles. The zero-order valence-electron chi connectivity index (χ0n) is 9.99. The number of aryl methyl sites for hydroxylation is 1. The van der Waals surface area contributed by atoms with E-state index < -0.39 is 0 Å². The summed E-state index contributed by atoms with van der Waals surface area (Å²) >= 11 is 0. The van der Waals surface area contributed by atoms with Crippen molar-refractivity contribution in [2.45, 2.75) is 0 Å². The summed E-state index contributed by atoms with van der Waals surface area (Å²) in [6.07, 6.45) is 5.42. The predicted octanol–water partition coefficient (Wildman–Crippen LogP) is 2.54. The third-order valence-corrected chi connectivity index (χ3v) is 2.70. The van der Waals surface area contributed by atoms with Crippen molar-refractivity contribution in [2.75, 3.05) is 0 Å². The van der Waals surface area contributed by atoms with Gasteiger partial charge in [0.15, 0.2) is 5.82 Å². The van der Waals surface area contributed by atoms with Crippen LogP contribution in [0.15, 0.2) is 55.0 Å². The van der Waals surface area contributed by atoms with E-state index in [4.69, 9.17) is 0 Å². The molecule has 18 heavy (non-hydrogen) atoms. The van der Waals surface area contributed by atoms with Gasteiger partial charge < -0.3 is 0 Å². The number of nitrogens with zero attached hydrogens (tertiary/aromatic N) is 4. The van der Waals surface area contributed by atoms with Gasteiger partial charge in [0.05, 0.1) is 5.69 Å². The fraction of sp³-hybridized carbons (Fsp3) is 0.0714. The van der Waals surface area contributed by atoms with Gasteiger partial charge in [0, 0.05) is 36.8 Å². The first-order chi connectivity index (χ1) is 8.83. The smallest absolute Gasteiger partial charge is 0.159 e. The molecule has 0 aliphatic rings. The highest BCUT2D eigenvalue weighted by Gasteiger charge is 2.04. The van der Waals surface area contributed by atoms with Gasteiger partial charge in [0.25, 0.3) is 0 Å². The fourth-order valence-corrected chi connectivity index (χ4v) is 1.83. The molecule has 0 bridgehead atoms. The normalized spacial score (nSPS) is 10.5. The monoisotopic (exact) mass is 236 g/mol. The molecule has 0 saturated heterocycles. The number of hydrogen-bond donors (Lipinski definition) is 0. The van der Waals surface area contributed by atoms with E-state index in [1.807, 2.05) is 43.6 Å². The van der Waals surface area contributed by atoms with Crippen molar-refractivity contribution in [2.24, 2.45) is 7.05 Å². The lowest BCUT2D eigenvalue weighted by Gasteiger charge is -2.01. The molecule has 3 rings (SSSR count). The van der Waals surface area contributed by atoms with Crippen molar-refractivity contribution in [1.29, 1.82) is 0 Å². The van der Waals surface area contributed by atoms with Gasteiger partial charge in [-0.2, -0.15) is 5.10 Å². The summed E-state index contributed by atoms with van der Waals surface area (Å²) in [7, 11) is 1.91. The number of hydrogen-bond acceptors (Lipinski definition) is 3. The second-order valence-corrected chi connectivity index (χ2v) is 4.03. The summed E-state index contributed by atoms with van der Waals surface area (Å²) in [6, 6.07) is 11.9. The van der Waals surface area contributed by atoms with Crippen molar-refractivity contribution in [3.8, 4) is 22.6 Å². The molecular formula is C14H12N4. The Morgan fingerprint density at radius 3 is 2.44 bits per heavy atom. The molecule has 2 aromatic heterocycles. The number of aromatic nitrogens is 4. The summed E-state index contributed by atoms with van der Waals surface area (Å²) in [6.45, 7) is 0. The van der Waals surface area contributed by atoms with Gasteiger partial charge in [0.1, 0.15) is 0 Å². The zero-order chi connectivity index (χ0) is 12.4. The van der Waals surface area contributed by atoms with Crippen LogP contribution in [0.1, 0.15) is 0 Å². The molecule has 0 unspecified atom stereocenters. The summed E-state index contributed by atoms with van der Waals surface area (Å²) in [5.41, 5.74) is 3.02. The van der Waals surface area contributed by atoms with Crippen LogP contribution in [0.5, 0.6) is 0 Å². The van der Waals surface area contributed by atoms with Gasteiger partial charge in [-0.05, 0) is 18.2 Å². The zero-order valence-corrected chi connectivity index (χ0v) is 9.99. The highest BCUT2D eigenvalue weighted by Crippen LogP contribution is 2.22. The Morgan fingerprint density at radius 2 is 1.72 bits per heavy atom. The third-order valence-electron chi connectivity index (χ3n) is 2.70. The Kier molecular flexibility index (Phi) is 2.61. The van der Waals surface area contributed by atoms with Crippen LogP contribution in [0.4, 0.5) is 0 Å². The van der Waals surface area contributed by atoms with E-state index in [0.29, 0.717) is 0 Å². The largest absolute Gasteiger partial charge is 0.275 e. The van der Waals surface area contributed by atoms with E-state index in [1.165, 1.54) is 0 Å². The first-order valence-electron chi connectivity index (χ1n) is 5.70. The Morgan fingerprint density at radius 1 is 0.944 bits per heavy atom. The van der Waals surface area contributed by atoms with Crippen LogP contribution < -0.4 is 0 Å². The van der Waals surface area contributed by atoms with Crippen LogP contribution in [-0.2, 0) is 7.05 Å². The van der Waals surface area contributed by atoms with Crippen molar-refractivity contribution in [3.63, 3.8) is 0 Å². The SMILES string of the molecule is Cn1ccc(-c2cccc(-c3ncccn3)c2)n1. The van der Waals surface area contributed by atoms with Crippen LogP contribution in [-0.4, -0.2) is 19.7 Å². The van der Waals surface area contributed by atoms with Crippen LogP contribution in [0.3, 0.4) is 0 Å². The lowest BCUT2D eigenvalue weighted by Crippen LogP contribution is -1.89. The van der Waals surface area contributed by atoms with Gasteiger partial charge in [-0.1, -0.05) is 18.2 Å². The molecule has 0 atom stereocenters. The summed E-state index contributed by atoms with van der Waals surface area (Å²) < 4.78 is 1.79. The Bertz CT molecular complexity index is 658. The topological polar surface area (TPSA) is 43.6 Å². The summed E-state index contributed by atoms with van der Waals surface area (Å²) in [4.78, 5) is 8.50. The second kappa shape index (κ2) is 4.41. The van der Waals surface area contributed by atoms with Crippen LogP contribution >= 0.6 is 0 Å². The van der Waals surface area contributed by atoms with E-state index in [-0.39, 0.29) is 0 Å². The number of benzene rings is 1. The van der Waals surface area contributed by atoms with Gasteiger partial charge in [-0.15, -0.1) is 0 Å². The average Bonchev–Trinajstić information content (AvgIpc) is 2.87. The van der Waals surface area contributed by atoms with Gasteiger partial charge in [-0.3, -0.25) is 4.68 Å². The van der Waals surface area contributed by atoms with E-state index in [9.17, 15) is 0 Å². The first-order valence-corrected chi connectivity index (χ1v) is 5.70. The molecule has 0 radical (unpaired) electrons. The lowest BCUT2D eigenvalue weighted by molar-refractivity contribution is 0.771. The highest BCUT2D eigenvalue weighted by molar-refractivity contribution is 5.67. The van der Waals surface area contributed by atoms with E-state index in [1.54, 1.807) is 17.1 Å². The van der Waals surface area contributed by atoms with Crippen LogP contribution in [0.25, 0.3) is 22.6 Å². The number of rotatable bonds is 2. The minimum Gasteiger partial charge on any atom is -0.275 e. The van der Waals surface area contributed by atoms with Crippen LogP contribution in [0.2, 0.25) is 0 Å². The van der Waals surface area contributed by atoms with Crippen molar-refractivity contribution in [3.05, 3.63) is 55.0 Å². The quantitative estimate of drug-likeness (QED) is 0.686. The average molecular weight is 236 g/mol. The maximum absolute atomic E-state index is 4.39. The third kappa shape index (κ3) is 2.00. The predicted molar refractivity (Wildman–Crippen MR) is 69.7 cm³/mol. The highest BCUT2D eigenvalue weighted by atomic mass is 15.2. The molecule has 4 heteroatoms. The maximum Gasteiger partial charge on any atom is 0.159 e. The van der Waals surface area contributed by atoms with Crippen molar-refractivity contribution >= 4 is 0 Å². The molecule has 0 aliphatic carbocycles. The molecule has 1 aromatic carbocycles. The van der Waals surface area contributed by atoms with E-state index >= 15 is 0 Å². The second-order valence-electron chi connectivity index (χ2n) is 4.03. The molecule has 0 saturated carbocycles. The standard InChI is InChI=1S/C14H12N4/c1-18-9-6-13(17-18)11-4-2-5-12(10-11)14-15-7-3-8-16-14/h2-10H,1H3. The van der Waals surface area contributed by atoms with Gasteiger partial charge in [0.2, 0.25) is 0 Å². The molecule has 3 aromatic rings. The first kappa shape index (κ1) is 10.7. The van der Waals surface area contributed by atoms with Crippen LogP contribution in [0, 0.1) is 0 Å². The summed E-state index contributed by atoms with van der Waals surface area (Å²) in [5.74, 6) is 0.732. The molecule has 0 spiro atoms. The fourth-order valence-electron chi connectivity index (χ4n) is 1.83. The molecular weight excluding hydrogens is 224 g/mol. The van der Waals surface area contributed by atoms with E-state index in [2.05, 4.69) is 21.1 Å². The molecule has 4 nitrogen and oxygen atoms in total. The minimum absolute atomic E-state index is 0.732. The maximum atomic E-state index is 4.39. The van der Waals surface area contributed by atoms with E-state index in [0.717, 1.165) is 22.6 Å². The Hall–Kier alpha value is -2.49. The van der Waals surface area contributed by atoms with Crippen molar-refractivity contribution < 1.29 is 0 Å². The minimum atomic E-state index is 0.732. The Labute approximate surface area is 105 Å².